The van der Waals surface area contributed by atoms with E-state index in [9.17, 15) is 0 Å². The van der Waals surface area contributed by atoms with Crippen LogP contribution in [0.5, 0.6) is 5.75 Å². The van der Waals surface area contributed by atoms with Crippen LogP contribution in [0.2, 0.25) is 0 Å². The third-order valence-electron chi connectivity index (χ3n) is 3.56. The van der Waals surface area contributed by atoms with Crippen molar-refractivity contribution in [1.29, 1.82) is 0 Å². The first-order chi connectivity index (χ1) is 10.1. The molecular formula is C19H25NO. The molecule has 0 aliphatic rings. The lowest BCUT2D eigenvalue weighted by Crippen LogP contribution is -2.08. The minimum absolute atomic E-state index is 0.525. The van der Waals surface area contributed by atoms with Gasteiger partial charge in [-0.15, -0.1) is 0 Å². The van der Waals surface area contributed by atoms with Crippen LogP contribution in [0.3, 0.4) is 0 Å². The zero-order chi connectivity index (χ0) is 15.2. The maximum absolute atomic E-state index is 5.88. The monoisotopic (exact) mass is 283 g/mol. The number of hydrogen-bond donors (Lipinski definition) is 1. The average Bonchev–Trinajstić information content (AvgIpc) is 2.45. The van der Waals surface area contributed by atoms with E-state index >= 15 is 0 Å². The quantitative estimate of drug-likeness (QED) is 0.810. The van der Waals surface area contributed by atoms with Gasteiger partial charge < -0.3 is 10.1 Å². The predicted octanol–water partition coefficient (Wildman–Crippen LogP) is 4.95. The van der Waals surface area contributed by atoms with E-state index in [1.165, 1.54) is 16.7 Å². The third-order valence-corrected chi connectivity index (χ3v) is 3.56. The highest BCUT2D eigenvalue weighted by Gasteiger charge is 2.06. The van der Waals surface area contributed by atoms with Crippen molar-refractivity contribution >= 4 is 5.69 Å². The molecule has 112 valence electrons. The van der Waals surface area contributed by atoms with E-state index in [1.54, 1.807) is 0 Å². The molecule has 2 rings (SSSR count). The Labute approximate surface area is 128 Å². The van der Waals surface area contributed by atoms with E-state index in [-0.39, 0.29) is 0 Å². The molecule has 0 unspecified atom stereocenters. The van der Waals surface area contributed by atoms with Crippen molar-refractivity contribution in [3.63, 3.8) is 0 Å². The molecule has 1 N–H and O–H groups in total. The maximum atomic E-state index is 5.88. The van der Waals surface area contributed by atoms with E-state index in [0.717, 1.165) is 24.6 Å². The fourth-order valence-electron chi connectivity index (χ4n) is 2.31. The van der Waals surface area contributed by atoms with E-state index in [4.69, 9.17) is 4.74 Å². The van der Waals surface area contributed by atoms with Gasteiger partial charge >= 0.3 is 0 Å². The van der Waals surface area contributed by atoms with Gasteiger partial charge in [-0.3, -0.25) is 0 Å². The van der Waals surface area contributed by atoms with Gasteiger partial charge in [0.25, 0.3) is 0 Å². The summed E-state index contributed by atoms with van der Waals surface area (Å²) < 4.78 is 5.88. The van der Waals surface area contributed by atoms with Gasteiger partial charge in [0.2, 0.25) is 0 Å². The van der Waals surface area contributed by atoms with Crippen molar-refractivity contribution in [2.45, 2.75) is 34.2 Å². The summed E-state index contributed by atoms with van der Waals surface area (Å²) in [5, 5.41) is 3.51. The van der Waals surface area contributed by atoms with Crippen molar-refractivity contribution in [3.05, 3.63) is 59.2 Å². The van der Waals surface area contributed by atoms with Gasteiger partial charge in [-0.1, -0.05) is 44.2 Å². The summed E-state index contributed by atoms with van der Waals surface area (Å²) in [5.41, 5.74) is 5.06. The van der Waals surface area contributed by atoms with Crippen LogP contribution in [0.1, 0.15) is 30.5 Å². The molecule has 2 heteroatoms. The van der Waals surface area contributed by atoms with Crippen LogP contribution in [0.4, 0.5) is 5.69 Å². The van der Waals surface area contributed by atoms with Crippen molar-refractivity contribution in [2.24, 2.45) is 5.92 Å². The minimum atomic E-state index is 0.525. The van der Waals surface area contributed by atoms with Crippen LogP contribution in [0.25, 0.3) is 0 Å². The Bertz CT molecular complexity index is 570. The molecule has 2 aromatic carbocycles. The molecular weight excluding hydrogens is 258 g/mol. The largest absolute Gasteiger partial charge is 0.491 e. The molecule has 0 aliphatic heterocycles. The molecule has 2 aromatic rings. The number of anilines is 1. The van der Waals surface area contributed by atoms with Gasteiger partial charge in [0, 0.05) is 6.54 Å². The molecule has 0 spiro atoms. The molecule has 0 saturated carbocycles. The molecule has 21 heavy (non-hydrogen) atoms. The van der Waals surface area contributed by atoms with Crippen LogP contribution >= 0.6 is 0 Å². The molecule has 0 aliphatic carbocycles. The minimum Gasteiger partial charge on any atom is -0.491 e. The Morgan fingerprint density at radius 1 is 0.952 bits per heavy atom. The molecule has 0 fully saturated rings. The Hall–Kier alpha value is -1.96. The third kappa shape index (κ3) is 4.25. The Kier molecular flexibility index (Phi) is 5.26. The number of benzene rings is 2. The Morgan fingerprint density at radius 2 is 1.62 bits per heavy atom. The molecule has 0 radical (unpaired) electrons. The standard InChI is InChI=1S/C19H25NO/c1-14(2)13-21-19-11-6-5-10-18(19)20-12-17-15(3)8-7-9-16(17)4/h5-11,14,20H,12-13H2,1-4H3. The fraction of sp³-hybridized carbons (Fsp3) is 0.368. The van der Waals surface area contributed by atoms with Gasteiger partial charge in [-0.05, 0) is 48.6 Å². The van der Waals surface area contributed by atoms with Crippen LogP contribution < -0.4 is 10.1 Å². The SMILES string of the molecule is Cc1cccc(C)c1CNc1ccccc1OCC(C)C. The van der Waals surface area contributed by atoms with Gasteiger partial charge in [-0.25, -0.2) is 0 Å². The van der Waals surface area contributed by atoms with E-state index < -0.39 is 0 Å². The lowest BCUT2D eigenvalue weighted by molar-refractivity contribution is 0.272. The topological polar surface area (TPSA) is 21.3 Å². The van der Waals surface area contributed by atoms with Gasteiger partial charge in [0.05, 0.1) is 12.3 Å². The number of nitrogens with one attached hydrogen (secondary N) is 1. The highest BCUT2D eigenvalue weighted by atomic mass is 16.5. The second-order valence-corrected chi connectivity index (χ2v) is 5.92. The fourth-order valence-corrected chi connectivity index (χ4v) is 2.31. The van der Waals surface area contributed by atoms with Crippen molar-refractivity contribution < 1.29 is 4.74 Å². The van der Waals surface area contributed by atoms with Crippen LogP contribution in [-0.2, 0) is 6.54 Å². The summed E-state index contributed by atoms with van der Waals surface area (Å²) in [6, 6.07) is 14.6. The van der Waals surface area contributed by atoms with Gasteiger partial charge in [-0.2, -0.15) is 0 Å². The van der Waals surface area contributed by atoms with Gasteiger partial charge in [0.15, 0.2) is 0 Å². The zero-order valence-electron chi connectivity index (χ0n) is 13.4. The summed E-state index contributed by atoms with van der Waals surface area (Å²) in [6.45, 7) is 10.2. The van der Waals surface area contributed by atoms with Crippen LogP contribution in [0.15, 0.2) is 42.5 Å². The number of rotatable bonds is 6. The van der Waals surface area contributed by atoms with E-state index in [0.29, 0.717) is 5.92 Å². The first kappa shape index (κ1) is 15.4. The molecule has 0 saturated heterocycles. The van der Waals surface area contributed by atoms with Crippen molar-refractivity contribution in [2.75, 3.05) is 11.9 Å². The van der Waals surface area contributed by atoms with E-state index in [2.05, 4.69) is 57.3 Å². The molecule has 0 aromatic heterocycles. The number of ether oxygens (including phenoxy) is 1. The van der Waals surface area contributed by atoms with E-state index in [1.807, 2.05) is 18.2 Å². The summed E-state index contributed by atoms with van der Waals surface area (Å²) in [6.07, 6.45) is 0. The lowest BCUT2D eigenvalue weighted by atomic mass is 10.0. The molecule has 2 nitrogen and oxygen atoms in total. The molecule has 0 amide bonds. The summed E-state index contributed by atoms with van der Waals surface area (Å²) >= 11 is 0. The second kappa shape index (κ2) is 7.16. The van der Waals surface area contributed by atoms with Crippen molar-refractivity contribution in [1.82, 2.24) is 0 Å². The van der Waals surface area contributed by atoms with Crippen LogP contribution in [0, 0.1) is 19.8 Å². The normalized spacial score (nSPS) is 10.7. The number of aryl methyl sites for hydroxylation is 2. The van der Waals surface area contributed by atoms with Gasteiger partial charge in [0.1, 0.15) is 5.75 Å². The maximum Gasteiger partial charge on any atom is 0.142 e. The smallest absolute Gasteiger partial charge is 0.142 e. The summed E-state index contributed by atoms with van der Waals surface area (Å²) in [4.78, 5) is 0. The Morgan fingerprint density at radius 3 is 2.29 bits per heavy atom. The van der Waals surface area contributed by atoms with Crippen LogP contribution in [-0.4, -0.2) is 6.61 Å². The summed E-state index contributed by atoms with van der Waals surface area (Å²) in [5.74, 6) is 1.45. The predicted molar refractivity (Wildman–Crippen MR) is 90.0 cm³/mol. The highest BCUT2D eigenvalue weighted by molar-refractivity contribution is 5.56. The lowest BCUT2D eigenvalue weighted by Gasteiger charge is -2.16. The molecule has 0 atom stereocenters. The molecule has 0 bridgehead atoms. The number of para-hydroxylation sites is 2. The number of hydrogen-bond acceptors (Lipinski definition) is 2. The average molecular weight is 283 g/mol. The van der Waals surface area contributed by atoms with Crippen molar-refractivity contribution in [3.8, 4) is 5.75 Å². The summed E-state index contributed by atoms with van der Waals surface area (Å²) in [7, 11) is 0. The highest BCUT2D eigenvalue weighted by Crippen LogP contribution is 2.25. The second-order valence-electron chi connectivity index (χ2n) is 5.92. The zero-order valence-corrected chi connectivity index (χ0v) is 13.4. The molecule has 0 heterocycles. The first-order valence-corrected chi connectivity index (χ1v) is 7.58. The first-order valence-electron chi connectivity index (χ1n) is 7.58. The Balaban J connectivity index is 2.09.